The van der Waals surface area contributed by atoms with Gasteiger partial charge in [-0.05, 0) is 74.4 Å². The van der Waals surface area contributed by atoms with Gasteiger partial charge in [-0.2, -0.15) is 0 Å². The van der Waals surface area contributed by atoms with Crippen LogP contribution in [-0.2, 0) is 0 Å². The molecule has 1 aliphatic rings. The van der Waals surface area contributed by atoms with Gasteiger partial charge in [0.2, 0.25) is 0 Å². The van der Waals surface area contributed by atoms with Gasteiger partial charge in [-0.1, -0.05) is 60.5 Å². The maximum atomic E-state index is 12.4. The highest BCUT2D eigenvalue weighted by Crippen LogP contribution is 2.50. The number of benzene rings is 2. The van der Waals surface area contributed by atoms with E-state index in [0.29, 0.717) is 29.1 Å². The Balaban J connectivity index is 0.00000306. The number of H-pyrrole nitrogens is 1. The minimum Gasteiger partial charge on any atom is -0.351 e. The Hall–Kier alpha value is -1.72. The summed E-state index contributed by atoms with van der Waals surface area (Å²) >= 11 is 12.6. The Morgan fingerprint density at radius 1 is 1.12 bits per heavy atom. The standard InChI is InChI=1S/C26H31Cl2N3O.ClH/c1-2-13-31(17-19-15-21(19)20-9-7-10-22(27)25(20)28)14-6-5-12-29-26(32)24-16-18-8-3-4-11-23(18)30-24;/h3-4,7-11,16,19,21,30H,2,5-6,12-15,17H2,1H3,(H,29,32);1H/t19-,21+;/m1./s1. The van der Waals surface area contributed by atoms with E-state index < -0.39 is 0 Å². The summed E-state index contributed by atoms with van der Waals surface area (Å²) in [5.41, 5.74) is 2.81. The molecule has 0 aliphatic heterocycles. The van der Waals surface area contributed by atoms with Crippen LogP contribution in [0.5, 0.6) is 0 Å². The van der Waals surface area contributed by atoms with E-state index in [2.05, 4.69) is 28.2 Å². The van der Waals surface area contributed by atoms with Gasteiger partial charge in [0.15, 0.2) is 0 Å². The highest BCUT2D eigenvalue weighted by atomic mass is 35.5. The van der Waals surface area contributed by atoms with Gasteiger partial charge < -0.3 is 15.2 Å². The minimum absolute atomic E-state index is 0. The Morgan fingerprint density at radius 2 is 1.94 bits per heavy atom. The smallest absolute Gasteiger partial charge is 0.267 e. The molecule has 178 valence electrons. The molecule has 1 saturated carbocycles. The number of para-hydroxylation sites is 1. The fourth-order valence-corrected chi connectivity index (χ4v) is 4.98. The lowest BCUT2D eigenvalue weighted by Crippen LogP contribution is -2.30. The average molecular weight is 509 g/mol. The second kappa shape index (κ2) is 12.1. The Kier molecular flexibility index (Phi) is 9.51. The van der Waals surface area contributed by atoms with E-state index in [1.165, 1.54) is 12.0 Å². The Labute approximate surface area is 212 Å². The zero-order chi connectivity index (χ0) is 22.5. The van der Waals surface area contributed by atoms with Gasteiger partial charge in [0.25, 0.3) is 5.91 Å². The lowest BCUT2D eigenvalue weighted by molar-refractivity contribution is 0.0948. The molecule has 1 aliphatic carbocycles. The summed E-state index contributed by atoms with van der Waals surface area (Å²) in [6.45, 7) is 6.18. The fraction of sp³-hybridized carbons (Fsp3) is 0.423. The van der Waals surface area contributed by atoms with E-state index in [4.69, 9.17) is 23.2 Å². The molecule has 2 atom stereocenters. The number of unbranched alkanes of at least 4 members (excludes halogenated alkanes) is 1. The van der Waals surface area contributed by atoms with Crippen LogP contribution < -0.4 is 5.32 Å². The minimum atomic E-state index is -0.0363. The van der Waals surface area contributed by atoms with Crippen molar-refractivity contribution in [1.29, 1.82) is 0 Å². The third kappa shape index (κ3) is 6.66. The number of rotatable bonds is 11. The van der Waals surface area contributed by atoms with Crippen molar-refractivity contribution in [2.45, 2.75) is 38.5 Å². The van der Waals surface area contributed by atoms with Crippen molar-refractivity contribution in [2.75, 3.05) is 26.2 Å². The molecular formula is C26H32Cl3N3O. The van der Waals surface area contributed by atoms with Crippen LogP contribution in [0.2, 0.25) is 10.0 Å². The van der Waals surface area contributed by atoms with E-state index >= 15 is 0 Å². The highest BCUT2D eigenvalue weighted by Gasteiger charge is 2.40. The number of carbonyl (C=O) groups is 1. The van der Waals surface area contributed by atoms with Gasteiger partial charge in [-0.15, -0.1) is 12.4 Å². The van der Waals surface area contributed by atoms with Gasteiger partial charge in [0.1, 0.15) is 5.69 Å². The van der Waals surface area contributed by atoms with Gasteiger partial charge in [-0.25, -0.2) is 0 Å². The predicted octanol–water partition coefficient (Wildman–Crippen LogP) is 6.92. The fourth-order valence-electron chi connectivity index (χ4n) is 4.53. The van der Waals surface area contributed by atoms with E-state index in [1.807, 2.05) is 42.5 Å². The number of amides is 1. The monoisotopic (exact) mass is 507 g/mol. The summed E-state index contributed by atoms with van der Waals surface area (Å²) in [6, 6.07) is 15.8. The van der Waals surface area contributed by atoms with Crippen LogP contribution in [0.3, 0.4) is 0 Å². The van der Waals surface area contributed by atoms with Gasteiger partial charge >= 0.3 is 0 Å². The van der Waals surface area contributed by atoms with Crippen molar-refractivity contribution in [3.63, 3.8) is 0 Å². The SMILES string of the molecule is CCCN(CCCCNC(=O)c1cc2ccccc2[nH]1)C[C@H]1C[C@@H]1c1cccc(Cl)c1Cl.Cl. The molecule has 1 fully saturated rings. The molecule has 7 heteroatoms. The first-order chi connectivity index (χ1) is 15.6. The van der Waals surface area contributed by atoms with Crippen molar-refractivity contribution in [3.8, 4) is 0 Å². The number of hydrogen-bond acceptors (Lipinski definition) is 2. The van der Waals surface area contributed by atoms with E-state index in [-0.39, 0.29) is 18.3 Å². The first-order valence-electron chi connectivity index (χ1n) is 11.6. The lowest BCUT2D eigenvalue weighted by atomic mass is 10.1. The average Bonchev–Trinajstić information content (AvgIpc) is 3.40. The number of carbonyl (C=O) groups excluding carboxylic acids is 1. The Morgan fingerprint density at radius 3 is 2.73 bits per heavy atom. The number of aromatic nitrogens is 1. The first kappa shape index (κ1) is 25.9. The summed E-state index contributed by atoms with van der Waals surface area (Å²) in [4.78, 5) is 18.2. The molecular weight excluding hydrogens is 477 g/mol. The van der Waals surface area contributed by atoms with E-state index in [1.54, 1.807) is 0 Å². The summed E-state index contributed by atoms with van der Waals surface area (Å²) in [6.07, 6.45) is 4.37. The molecule has 2 aromatic carbocycles. The molecule has 2 N–H and O–H groups in total. The predicted molar refractivity (Wildman–Crippen MR) is 141 cm³/mol. The number of aromatic amines is 1. The molecule has 4 rings (SSSR count). The summed E-state index contributed by atoms with van der Waals surface area (Å²) in [5.74, 6) is 1.14. The molecule has 0 unspecified atom stereocenters. The summed E-state index contributed by atoms with van der Waals surface area (Å²) < 4.78 is 0. The highest BCUT2D eigenvalue weighted by molar-refractivity contribution is 6.42. The maximum Gasteiger partial charge on any atom is 0.267 e. The number of nitrogens with zero attached hydrogens (tertiary/aromatic N) is 1. The molecule has 3 aromatic rings. The topological polar surface area (TPSA) is 48.1 Å². The molecule has 0 bridgehead atoms. The zero-order valence-electron chi connectivity index (χ0n) is 18.9. The van der Waals surface area contributed by atoms with Crippen molar-refractivity contribution in [3.05, 3.63) is 69.8 Å². The van der Waals surface area contributed by atoms with Gasteiger partial charge in [-0.3, -0.25) is 4.79 Å². The third-order valence-electron chi connectivity index (χ3n) is 6.30. The van der Waals surface area contributed by atoms with Crippen molar-refractivity contribution in [1.82, 2.24) is 15.2 Å². The lowest BCUT2D eigenvalue weighted by Gasteiger charge is -2.22. The van der Waals surface area contributed by atoms with Crippen LogP contribution in [0, 0.1) is 5.92 Å². The van der Waals surface area contributed by atoms with Crippen molar-refractivity contribution in [2.24, 2.45) is 5.92 Å². The molecule has 1 amide bonds. The van der Waals surface area contributed by atoms with Crippen LogP contribution in [0.1, 0.15) is 54.6 Å². The van der Waals surface area contributed by atoms with E-state index in [0.717, 1.165) is 54.8 Å². The Bertz CT molecular complexity index is 1030. The van der Waals surface area contributed by atoms with Crippen LogP contribution in [0.25, 0.3) is 10.9 Å². The second-order valence-electron chi connectivity index (χ2n) is 8.78. The van der Waals surface area contributed by atoms with Gasteiger partial charge in [0, 0.05) is 24.0 Å². The van der Waals surface area contributed by atoms with Gasteiger partial charge in [0.05, 0.1) is 10.0 Å². The molecule has 0 radical (unpaired) electrons. The van der Waals surface area contributed by atoms with Crippen molar-refractivity contribution < 1.29 is 4.79 Å². The first-order valence-corrected chi connectivity index (χ1v) is 12.3. The molecule has 1 aromatic heterocycles. The molecule has 0 spiro atoms. The van der Waals surface area contributed by atoms with Crippen LogP contribution >= 0.6 is 35.6 Å². The number of fused-ring (bicyclic) bond motifs is 1. The quantitative estimate of drug-likeness (QED) is 0.276. The van der Waals surface area contributed by atoms with Crippen molar-refractivity contribution >= 4 is 52.4 Å². The largest absolute Gasteiger partial charge is 0.351 e. The van der Waals surface area contributed by atoms with Crippen LogP contribution in [-0.4, -0.2) is 42.0 Å². The molecule has 4 nitrogen and oxygen atoms in total. The summed E-state index contributed by atoms with van der Waals surface area (Å²) in [7, 11) is 0. The summed E-state index contributed by atoms with van der Waals surface area (Å²) in [5, 5.41) is 5.47. The number of halogens is 3. The van der Waals surface area contributed by atoms with E-state index in [9.17, 15) is 4.79 Å². The number of hydrogen-bond donors (Lipinski definition) is 2. The molecule has 0 saturated heterocycles. The van der Waals surface area contributed by atoms with Crippen LogP contribution in [0.15, 0.2) is 48.5 Å². The van der Waals surface area contributed by atoms with Crippen LogP contribution in [0.4, 0.5) is 0 Å². The molecule has 1 heterocycles. The molecule has 33 heavy (non-hydrogen) atoms. The number of nitrogens with one attached hydrogen (secondary N) is 2. The third-order valence-corrected chi connectivity index (χ3v) is 7.13. The normalized spacial score (nSPS) is 17.2. The zero-order valence-corrected chi connectivity index (χ0v) is 21.3. The maximum absolute atomic E-state index is 12.4. The second-order valence-corrected chi connectivity index (χ2v) is 9.56.